The molecular weight excluding hydrogens is 321 g/mol. The molecule has 2 aromatic carbocycles. The van der Waals surface area contributed by atoms with E-state index in [1.165, 1.54) is 18.2 Å². The smallest absolute Gasteiger partial charge is 0.232 e. The number of hydrogen-bond donors (Lipinski definition) is 3. The molecule has 0 saturated carbocycles. The molecule has 2 aromatic rings. The molecule has 0 bridgehead atoms. The second kappa shape index (κ2) is 6.93. The standard InChI is InChI=1S/C19H20FN3O2/c1-11(2)21-17-9-12(20)7-8-16(17)23-19(25)14-10-18(24)22-15-6-4-3-5-13(14)15/h3-9,11,14,21H,10H2,1-2H3,(H,22,24)(H,23,25). The average Bonchev–Trinajstić information content (AvgIpc) is 2.56. The van der Waals surface area contributed by atoms with E-state index in [1.807, 2.05) is 32.0 Å². The molecule has 3 rings (SSSR count). The molecule has 1 heterocycles. The maximum Gasteiger partial charge on any atom is 0.232 e. The van der Waals surface area contributed by atoms with E-state index in [0.717, 1.165) is 5.56 Å². The Morgan fingerprint density at radius 1 is 1.20 bits per heavy atom. The van der Waals surface area contributed by atoms with Gasteiger partial charge in [0.2, 0.25) is 11.8 Å². The minimum absolute atomic E-state index is 0.0803. The summed E-state index contributed by atoms with van der Waals surface area (Å²) in [5, 5.41) is 8.72. The van der Waals surface area contributed by atoms with Crippen LogP contribution in [0.5, 0.6) is 0 Å². The third-order valence-electron chi connectivity index (χ3n) is 4.00. The van der Waals surface area contributed by atoms with Crippen LogP contribution < -0.4 is 16.0 Å². The summed E-state index contributed by atoms with van der Waals surface area (Å²) in [4.78, 5) is 24.7. The first-order valence-corrected chi connectivity index (χ1v) is 8.20. The van der Waals surface area contributed by atoms with Gasteiger partial charge in [0.1, 0.15) is 5.82 Å². The molecule has 6 heteroatoms. The van der Waals surface area contributed by atoms with Crippen LogP contribution in [0, 0.1) is 5.82 Å². The summed E-state index contributed by atoms with van der Waals surface area (Å²) in [7, 11) is 0. The molecule has 130 valence electrons. The lowest BCUT2D eigenvalue weighted by atomic mass is 9.89. The lowest BCUT2D eigenvalue weighted by molar-refractivity contribution is -0.123. The summed E-state index contributed by atoms with van der Waals surface area (Å²) in [5.41, 5.74) is 2.43. The summed E-state index contributed by atoms with van der Waals surface area (Å²) in [6.07, 6.45) is 0.0803. The topological polar surface area (TPSA) is 70.2 Å². The molecule has 1 aliphatic heterocycles. The van der Waals surface area contributed by atoms with Crippen LogP contribution in [0.2, 0.25) is 0 Å². The first kappa shape index (κ1) is 17.0. The van der Waals surface area contributed by atoms with E-state index in [-0.39, 0.29) is 30.1 Å². The number of benzene rings is 2. The van der Waals surface area contributed by atoms with Crippen molar-refractivity contribution in [1.82, 2.24) is 0 Å². The molecule has 5 nitrogen and oxygen atoms in total. The van der Waals surface area contributed by atoms with Crippen molar-refractivity contribution in [3.8, 4) is 0 Å². The zero-order valence-corrected chi connectivity index (χ0v) is 14.1. The lowest BCUT2D eigenvalue weighted by Gasteiger charge is -2.25. The zero-order valence-electron chi connectivity index (χ0n) is 14.1. The maximum absolute atomic E-state index is 13.5. The highest BCUT2D eigenvalue weighted by molar-refractivity contribution is 6.06. The maximum atomic E-state index is 13.5. The van der Waals surface area contributed by atoms with Crippen molar-refractivity contribution >= 4 is 28.9 Å². The molecular formula is C19H20FN3O2. The molecule has 1 aliphatic rings. The number of rotatable bonds is 4. The van der Waals surface area contributed by atoms with Gasteiger partial charge in [-0.3, -0.25) is 9.59 Å². The fourth-order valence-electron chi connectivity index (χ4n) is 2.92. The Bertz CT molecular complexity index is 820. The monoisotopic (exact) mass is 341 g/mol. The summed E-state index contributed by atoms with van der Waals surface area (Å²) in [6.45, 7) is 3.86. The van der Waals surface area contributed by atoms with E-state index in [0.29, 0.717) is 17.1 Å². The highest BCUT2D eigenvalue weighted by Crippen LogP contribution is 2.33. The van der Waals surface area contributed by atoms with Crippen LogP contribution in [0.15, 0.2) is 42.5 Å². The van der Waals surface area contributed by atoms with Gasteiger partial charge in [0, 0.05) is 18.2 Å². The fraction of sp³-hybridized carbons (Fsp3) is 0.263. The Morgan fingerprint density at radius 3 is 2.72 bits per heavy atom. The van der Waals surface area contributed by atoms with Gasteiger partial charge in [-0.15, -0.1) is 0 Å². The molecule has 2 amide bonds. The van der Waals surface area contributed by atoms with Crippen molar-refractivity contribution < 1.29 is 14.0 Å². The molecule has 1 unspecified atom stereocenters. The highest BCUT2D eigenvalue weighted by Gasteiger charge is 2.30. The van der Waals surface area contributed by atoms with Crippen LogP contribution in [0.25, 0.3) is 0 Å². The molecule has 0 aliphatic carbocycles. The quantitative estimate of drug-likeness (QED) is 0.794. The van der Waals surface area contributed by atoms with Gasteiger partial charge in [0.05, 0.1) is 17.3 Å². The molecule has 1 atom stereocenters. The van der Waals surface area contributed by atoms with Crippen LogP contribution in [0.4, 0.5) is 21.5 Å². The Kier molecular flexibility index (Phi) is 4.70. The summed E-state index contributed by atoms with van der Waals surface area (Å²) in [6, 6.07) is 11.5. The first-order chi connectivity index (χ1) is 11.9. The van der Waals surface area contributed by atoms with Gasteiger partial charge in [-0.05, 0) is 43.7 Å². The van der Waals surface area contributed by atoms with E-state index < -0.39 is 5.92 Å². The van der Waals surface area contributed by atoms with Crippen molar-refractivity contribution in [2.45, 2.75) is 32.2 Å². The molecule has 0 radical (unpaired) electrons. The fourth-order valence-corrected chi connectivity index (χ4v) is 2.92. The summed E-state index contributed by atoms with van der Waals surface area (Å²) >= 11 is 0. The van der Waals surface area contributed by atoms with Crippen LogP contribution in [0.1, 0.15) is 31.7 Å². The molecule has 0 fully saturated rings. The zero-order chi connectivity index (χ0) is 18.0. The van der Waals surface area contributed by atoms with Gasteiger partial charge < -0.3 is 16.0 Å². The van der Waals surface area contributed by atoms with E-state index in [2.05, 4.69) is 16.0 Å². The number of carbonyl (C=O) groups excluding carboxylic acids is 2. The largest absolute Gasteiger partial charge is 0.381 e. The van der Waals surface area contributed by atoms with Crippen LogP contribution in [0.3, 0.4) is 0 Å². The van der Waals surface area contributed by atoms with E-state index in [4.69, 9.17) is 0 Å². The van der Waals surface area contributed by atoms with Gasteiger partial charge in [0.25, 0.3) is 0 Å². The molecule has 25 heavy (non-hydrogen) atoms. The van der Waals surface area contributed by atoms with Gasteiger partial charge in [0.15, 0.2) is 0 Å². The third-order valence-corrected chi connectivity index (χ3v) is 4.00. The van der Waals surface area contributed by atoms with Crippen LogP contribution >= 0.6 is 0 Å². The van der Waals surface area contributed by atoms with E-state index >= 15 is 0 Å². The molecule has 3 N–H and O–H groups in total. The number of halogens is 1. The number of carbonyl (C=O) groups is 2. The molecule has 0 saturated heterocycles. The Morgan fingerprint density at radius 2 is 1.96 bits per heavy atom. The second-order valence-electron chi connectivity index (χ2n) is 6.37. The van der Waals surface area contributed by atoms with Gasteiger partial charge in [-0.1, -0.05) is 18.2 Å². The minimum atomic E-state index is -0.582. The second-order valence-corrected chi connectivity index (χ2v) is 6.37. The number of hydrogen-bond acceptors (Lipinski definition) is 3. The first-order valence-electron chi connectivity index (χ1n) is 8.20. The number of para-hydroxylation sites is 1. The van der Waals surface area contributed by atoms with E-state index in [9.17, 15) is 14.0 Å². The van der Waals surface area contributed by atoms with Gasteiger partial charge in [-0.2, -0.15) is 0 Å². The number of nitrogens with one attached hydrogen (secondary N) is 3. The number of fused-ring (bicyclic) bond motifs is 1. The number of anilines is 3. The third kappa shape index (κ3) is 3.79. The average molecular weight is 341 g/mol. The molecule has 0 spiro atoms. The van der Waals surface area contributed by atoms with Crippen molar-refractivity contribution in [3.63, 3.8) is 0 Å². The minimum Gasteiger partial charge on any atom is -0.381 e. The lowest BCUT2D eigenvalue weighted by Crippen LogP contribution is -2.31. The SMILES string of the molecule is CC(C)Nc1cc(F)ccc1NC(=O)C1CC(=O)Nc2ccccc21. The van der Waals surface area contributed by atoms with Crippen LogP contribution in [-0.2, 0) is 9.59 Å². The van der Waals surface area contributed by atoms with Crippen molar-refractivity contribution in [1.29, 1.82) is 0 Å². The normalized spacial score (nSPS) is 16.2. The Balaban J connectivity index is 1.87. The predicted octanol–water partition coefficient (Wildman–Crippen LogP) is 3.71. The highest BCUT2D eigenvalue weighted by atomic mass is 19.1. The van der Waals surface area contributed by atoms with Crippen molar-refractivity contribution in [2.24, 2.45) is 0 Å². The van der Waals surface area contributed by atoms with Crippen LogP contribution in [-0.4, -0.2) is 17.9 Å². The summed E-state index contributed by atoms with van der Waals surface area (Å²) < 4.78 is 13.5. The Hall–Kier alpha value is -2.89. The molecule has 0 aromatic heterocycles. The predicted molar refractivity (Wildman–Crippen MR) is 96.2 cm³/mol. The van der Waals surface area contributed by atoms with Gasteiger partial charge >= 0.3 is 0 Å². The Labute approximate surface area is 145 Å². The summed E-state index contributed by atoms with van der Waals surface area (Å²) in [5.74, 6) is -1.45. The van der Waals surface area contributed by atoms with Crippen molar-refractivity contribution in [3.05, 3.63) is 53.8 Å². The van der Waals surface area contributed by atoms with Crippen molar-refractivity contribution in [2.75, 3.05) is 16.0 Å². The van der Waals surface area contributed by atoms with E-state index in [1.54, 1.807) is 6.07 Å². The van der Waals surface area contributed by atoms with Gasteiger partial charge in [-0.25, -0.2) is 4.39 Å². The number of amides is 2.